The highest BCUT2D eigenvalue weighted by molar-refractivity contribution is 6.17. The smallest absolute Gasteiger partial charge is 0.0467 e. The van der Waals surface area contributed by atoms with E-state index in [1.54, 1.807) is 0 Å². The van der Waals surface area contributed by atoms with Crippen LogP contribution >= 0.6 is 0 Å². The van der Waals surface area contributed by atoms with Crippen LogP contribution in [0, 0.1) is 0 Å². The largest absolute Gasteiger partial charge is 0.310 e. The second-order valence-corrected chi connectivity index (χ2v) is 13.8. The molecule has 0 spiro atoms. The standard InChI is InChI=1S/C52H35N/c1-2-9-36(10-3-1)38-19-26-46(27-20-38)53(47-28-21-39(22-29-47)43-18-17-37-11-4-5-13-41(37)33-43)48-15-8-14-42(35-48)44-24-30-50-45(34-44)25-32-51-49-16-7-6-12-40(49)23-31-52(50)51/h1-35H. The lowest BCUT2D eigenvalue weighted by Gasteiger charge is -2.26. The molecule has 0 saturated heterocycles. The molecule has 10 aromatic carbocycles. The Morgan fingerprint density at radius 3 is 1.42 bits per heavy atom. The molecule has 0 N–H and O–H groups in total. The molecule has 248 valence electrons. The lowest BCUT2D eigenvalue weighted by molar-refractivity contribution is 1.28. The van der Waals surface area contributed by atoms with Crippen molar-refractivity contribution in [2.24, 2.45) is 0 Å². The van der Waals surface area contributed by atoms with Gasteiger partial charge in [-0.05, 0) is 125 Å². The second-order valence-electron chi connectivity index (χ2n) is 13.8. The van der Waals surface area contributed by atoms with Crippen molar-refractivity contribution in [2.45, 2.75) is 0 Å². The van der Waals surface area contributed by atoms with Gasteiger partial charge in [0.1, 0.15) is 0 Å². The maximum Gasteiger partial charge on any atom is 0.0467 e. The molecular formula is C52H35N. The van der Waals surface area contributed by atoms with E-state index in [-0.39, 0.29) is 0 Å². The molecule has 0 heterocycles. The van der Waals surface area contributed by atoms with Crippen molar-refractivity contribution in [1.82, 2.24) is 0 Å². The minimum atomic E-state index is 1.11. The lowest BCUT2D eigenvalue weighted by atomic mass is 9.94. The molecule has 0 aliphatic rings. The van der Waals surface area contributed by atoms with Crippen LogP contribution in [-0.2, 0) is 0 Å². The summed E-state index contributed by atoms with van der Waals surface area (Å²) in [5.74, 6) is 0. The first kappa shape index (κ1) is 30.8. The van der Waals surface area contributed by atoms with E-state index in [2.05, 4.69) is 217 Å². The third-order valence-corrected chi connectivity index (χ3v) is 10.6. The molecule has 0 aromatic heterocycles. The minimum absolute atomic E-state index is 1.11. The monoisotopic (exact) mass is 673 g/mol. The fourth-order valence-electron chi connectivity index (χ4n) is 7.89. The highest BCUT2D eigenvalue weighted by Gasteiger charge is 2.15. The molecule has 0 amide bonds. The third kappa shape index (κ3) is 5.69. The summed E-state index contributed by atoms with van der Waals surface area (Å²) in [5, 5.41) is 10.2. The molecular weight excluding hydrogens is 639 g/mol. The van der Waals surface area contributed by atoms with Gasteiger partial charge >= 0.3 is 0 Å². The minimum Gasteiger partial charge on any atom is -0.310 e. The van der Waals surface area contributed by atoms with Gasteiger partial charge in [-0.25, -0.2) is 0 Å². The molecule has 10 rings (SSSR count). The Balaban J connectivity index is 1.05. The molecule has 0 saturated carbocycles. The van der Waals surface area contributed by atoms with Crippen LogP contribution in [0.25, 0.3) is 76.5 Å². The van der Waals surface area contributed by atoms with Crippen LogP contribution in [0.5, 0.6) is 0 Å². The normalized spacial score (nSPS) is 11.4. The van der Waals surface area contributed by atoms with Crippen LogP contribution in [0.2, 0.25) is 0 Å². The number of anilines is 3. The van der Waals surface area contributed by atoms with Crippen molar-refractivity contribution in [1.29, 1.82) is 0 Å². The Bertz CT molecular complexity index is 2920. The predicted octanol–water partition coefficient (Wildman–Crippen LogP) is 14.8. The molecule has 10 aromatic rings. The first-order valence-electron chi connectivity index (χ1n) is 18.2. The first-order valence-corrected chi connectivity index (χ1v) is 18.2. The maximum atomic E-state index is 2.36. The zero-order valence-electron chi connectivity index (χ0n) is 29.2. The van der Waals surface area contributed by atoms with E-state index < -0.39 is 0 Å². The van der Waals surface area contributed by atoms with Gasteiger partial charge < -0.3 is 4.90 Å². The molecule has 1 heteroatoms. The van der Waals surface area contributed by atoms with Crippen molar-refractivity contribution in [2.75, 3.05) is 4.90 Å². The van der Waals surface area contributed by atoms with Crippen molar-refractivity contribution in [3.05, 3.63) is 212 Å². The maximum absolute atomic E-state index is 2.36. The first-order chi connectivity index (χ1) is 26.2. The zero-order valence-corrected chi connectivity index (χ0v) is 29.2. The highest BCUT2D eigenvalue weighted by atomic mass is 15.1. The van der Waals surface area contributed by atoms with Crippen LogP contribution in [0.3, 0.4) is 0 Å². The van der Waals surface area contributed by atoms with Crippen molar-refractivity contribution >= 4 is 60.2 Å². The fourth-order valence-corrected chi connectivity index (χ4v) is 7.89. The van der Waals surface area contributed by atoms with Gasteiger partial charge in [-0.2, -0.15) is 0 Å². The summed E-state index contributed by atoms with van der Waals surface area (Å²) in [6.07, 6.45) is 0. The van der Waals surface area contributed by atoms with Crippen LogP contribution < -0.4 is 4.90 Å². The summed E-state index contributed by atoms with van der Waals surface area (Å²) in [4.78, 5) is 2.36. The summed E-state index contributed by atoms with van der Waals surface area (Å²) in [7, 11) is 0. The molecule has 0 radical (unpaired) electrons. The number of fused-ring (bicyclic) bond motifs is 6. The van der Waals surface area contributed by atoms with Crippen LogP contribution in [0.4, 0.5) is 17.1 Å². The molecule has 0 aliphatic heterocycles. The van der Waals surface area contributed by atoms with E-state index in [0.29, 0.717) is 0 Å². The Morgan fingerprint density at radius 2 is 0.660 bits per heavy atom. The van der Waals surface area contributed by atoms with Gasteiger partial charge in [-0.3, -0.25) is 0 Å². The Kier molecular flexibility index (Phi) is 7.55. The molecule has 0 fully saturated rings. The Hall–Kier alpha value is -6.96. The topological polar surface area (TPSA) is 3.24 Å². The molecule has 1 nitrogen and oxygen atoms in total. The van der Waals surface area contributed by atoms with Gasteiger partial charge in [-0.15, -0.1) is 0 Å². The van der Waals surface area contributed by atoms with Gasteiger partial charge in [0.05, 0.1) is 0 Å². The van der Waals surface area contributed by atoms with Crippen molar-refractivity contribution < 1.29 is 0 Å². The number of nitrogens with zero attached hydrogens (tertiary/aromatic N) is 1. The van der Waals surface area contributed by atoms with Gasteiger partial charge in [0, 0.05) is 17.1 Å². The SMILES string of the molecule is c1ccc(-c2ccc(N(c3ccc(-c4ccc5ccccc5c4)cc3)c3cccc(-c4ccc5c(ccc6c7ccccc7ccc56)c4)c3)cc2)cc1. The predicted molar refractivity (Wildman–Crippen MR) is 227 cm³/mol. The average Bonchev–Trinajstić information content (AvgIpc) is 3.24. The van der Waals surface area contributed by atoms with Gasteiger partial charge in [-0.1, -0.05) is 164 Å². The van der Waals surface area contributed by atoms with Gasteiger partial charge in [0.2, 0.25) is 0 Å². The van der Waals surface area contributed by atoms with Crippen molar-refractivity contribution in [3.8, 4) is 33.4 Å². The lowest BCUT2D eigenvalue weighted by Crippen LogP contribution is -2.10. The van der Waals surface area contributed by atoms with Crippen LogP contribution in [0.1, 0.15) is 0 Å². The summed E-state index contributed by atoms with van der Waals surface area (Å²) < 4.78 is 0. The fraction of sp³-hybridized carbons (Fsp3) is 0. The van der Waals surface area contributed by atoms with Crippen molar-refractivity contribution in [3.63, 3.8) is 0 Å². The van der Waals surface area contributed by atoms with E-state index >= 15 is 0 Å². The summed E-state index contributed by atoms with van der Waals surface area (Å²) >= 11 is 0. The van der Waals surface area contributed by atoms with E-state index in [9.17, 15) is 0 Å². The Labute approximate surface area is 309 Å². The number of benzene rings is 10. The molecule has 53 heavy (non-hydrogen) atoms. The van der Waals surface area contributed by atoms with Crippen LogP contribution in [0.15, 0.2) is 212 Å². The number of hydrogen-bond acceptors (Lipinski definition) is 1. The van der Waals surface area contributed by atoms with E-state index in [4.69, 9.17) is 0 Å². The average molecular weight is 674 g/mol. The molecule has 0 atom stereocenters. The van der Waals surface area contributed by atoms with Gasteiger partial charge in [0.15, 0.2) is 0 Å². The number of hydrogen-bond donors (Lipinski definition) is 0. The molecule has 0 unspecified atom stereocenters. The zero-order chi connectivity index (χ0) is 35.1. The number of rotatable bonds is 6. The van der Waals surface area contributed by atoms with E-state index in [1.165, 1.54) is 76.5 Å². The molecule has 0 aliphatic carbocycles. The van der Waals surface area contributed by atoms with Gasteiger partial charge in [0.25, 0.3) is 0 Å². The Morgan fingerprint density at radius 1 is 0.208 bits per heavy atom. The van der Waals surface area contributed by atoms with E-state index in [0.717, 1.165) is 17.1 Å². The summed E-state index contributed by atoms with van der Waals surface area (Å²) in [6, 6.07) is 77.2. The molecule has 0 bridgehead atoms. The van der Waals surface area contributed by atoms with Crippen LogP contribution in [-0.4, -0.2) is 0 Å². The summed E-state index contributed by atoms with van der Waals surface area (Å²) in [5.41, 5.74) is 10.5. The third-order valence-electron chi connectivity index (χ3n) is 10.6. The summed E-state index contributed by atoms with van der Waals surface area (Å²) in [6.45, 7) is 0. The highest BCUT2D eigenvalue weighted by Crippen LogP contribution is 2.40. The second kappa shape index (κ2) is 13.0. The quantitative estimate of drug-likeness (QED) is 0.159. The van der Waals surface area contributed by atoms with E-state index in [1.807, 2.05) is 0 Å².